The number of hydrogen-bond donors (Lipinski definition) is 2. The molecule has 2 rings (SSSR count). The zero-order valence-electron chi connectivity index (χ0n) is 23.4. The second kappa shape index (κ2) is 13.0. The summed E-state index contributed by atoms with van der Waals surface area (Å²) in [6.07, 6.45) is 2.37. The fourth-order valence-electron chi connectivity index (χ4n) is 4.56. The Bertz CT molecular complexity index is 1210. The van der Waals surface area contributed by atoms with Crippen molar-refractivity contribution in [3.05, 3.63) is 64.7 Å². The fraction of sp³-hybridized carbons (Fsp3) is 0.517. The molecule has 0 saturated carbocycles. The Morgan fingerprint density at radius 1 is 1.03 bits per heavy atom. The maximum absolute atomic E-state index is 13.0. The molecule has 7 nitrogen and oxygen atoms in total. The molecule has 0 aromatic heterocycles. The van der Waals surface area contributed by atoms with Crippen molar-refractivity contribution >= 4 is 39.2 Å². The molecule has 2 N–H and O–H groups in total. The second-order valence-electron chi connectivity index (χ2n) is 11.9. The highest BCUT2D eigenvalue weighted by Crippen LogP contribution is 2.34. The lowest BCUT2D eigenvalue weighted by Crippen LogP contribution is -2.37. The highest BCUT2D eigenvalue weighted by atomic mass is 35.5. The Morgan fingerprint density at radius 3 is 2.21 bits per heavy atom. The first-order valence-corrected chi connectivity index (χ1v) is 15.0. The average Bonchev–Trinajstić information content (AvgIpc) is 2.79. The third-order valence-electron chi connectivity index (χ3n) is 6.09. The first-order chi connectivity index (χ1) is 17.5. The van der Waals surface area contributed by atoms with E-state index >= 15 is 0 Å². The van der Waals surface area contributed by atoms with Gasteiger partial charge in [0, 0.05) is 12.5 Å². The molecule has 38 heavy (non-hydrogen) atoms. The van der Waals surface area contributed by atoms with Gasteiger partial charge in [0.15, 0.2) is 0 Å². The topological polar surface area (TPSA) is 102 Å². The summed E-state index contributed by atoms with van der Waals surface area (Å²) in [5.41, 5.74) is 1.36. The Morgan fingerprint density at radius 2 is 1.66 bits per heavy atom. The molecular weight excluding hydrogens is 524 g/mol. The second-order valence-corrected chi connectivity index (χ2v) is 14.0. The highest BCUT2D eigenvalue weighted by molar-refractivity contribution is 7.92. The van der Waals surface area contributed by atoms with Gasteiger partial charge in [-0.1, -0.05) is 68.8 Å². The molecule has 2 atom stereocenters. The zero-order chi connectivity index (χ0) is 28.7. The molecule has 0 aliphatic rings. The summed E-state index contributed by atoms with van der Waals surface area (Å²) in [6.45, 7) is 12.4. The van der Waals surface area contributed by atoms with Crippen molar-refractivity contribution in [1.29, 1.82) is 0 Å². The summed E-state index contributed by atoms with van der Waals surface area (Å²) in [6, 6.07) is 14.7. The number of nitrogens with one attached hydrogen (secondary N) is 2. The lowest BCUT2D eigenvalue weighted by Gasteiger charge is -2.31. The highest BCUT2D eigenvalue weighted by Gasteiger charge is 2.34. The summed E-state index contributed by atoms with van der Waals surface area (Å²) < 4.78 is 31.1. The lowest BCUT2D eigenvalue weighted by molar-refractivity contribution is -0.157. The van der Waals surface area contributed by atoms with Crippen molar-refractivity contribution in [1.82, 2.24) is 5.32 Å². The van der Waals surface area contributed by atoms with Crippen LogP contribution in [-0.4, -0.2) is 39.7 Å². The fourth-order valence-corrected chi connectivity index (χ4v) is 5.43. The van der Waals surface area contributed by atoms with E-state index in [1.807, 2.05) is 44.2 Å². The van der Waals surface area contributed by atoms with Gasteiger partial charge in [0.05, 0.1) is 34.9 Å². The number of benzene rings is 2. The van der Waals surface area contributed by atoms with Gasteiger partial charge in [0.25, 0.3) is 0 Å². The minimum atomic E-state index is -3.47. The standard InChI is InChI=1S/C29H41ClN2O5S/c1-20(23-13-14-25(24(30)16-23)32-38(7,35)36)26(33)31-17-22(15-21-11-9-8-10-12-21)18-37-27(34)29(5,6)19-28(2,3)4/h8-14,16,20,22,32H,15,17-19H2,1-7H3,(H,31,33)/t20-,22-/m0/s1. The van der Waals surface area contributed by atoms with E-state index in [9.17, 15) is 18.0 Å². The van der Waals surface area contributed by atoms with Crippen LogP contribution in [-0.2, 0) is 30.8 Å². The minimum Gasteiger partial charge on any atom is -0.465 e. The molecule has 2 aromatic carbocycles. The van der Waals surface area contributed by atoms with Gasteiger partial charge in [-0.3, -0.25) is 14.3 Å². The van der Waals surface area contributed by atoms with Crippen molar-refractivity contribution in [3.63, 3.8) is 0 Å². The SMILES string of the molecule is C[C@H](C(=O)NC[C@@H](COC(=O)C(C)(C)CC(C)(C)C)Cc1ccccc1)c1ccc(NS(C)(=O)=O)c(Cl)c1. The number of carbonyl (C=O) groups is 2. The number of anilines is 1. The van der Waals surface area contributed by atoms with Gasteiger partial charge in [-0.25, -0.2) is 8.42 Å². The lowest BCUT2D eigenvalue weighted by atomic mass is 9.76. The molecule has 0 radical (unpaired) electrons. The summed E-state index contributed by atoms with van der Waals surface area (Å²) >= 11 is 6.24. The number of esters is 1. The Kier molecular flexibility index (Phi) is 10.8. The van der Waals surface area contributed by atoms with Crippen LogP contribution in [0.2, 0.25) is 5.02 Å². The summed E-state index contributed by atoms with van der Waals surface area (Å²) in [5, 5.41) is 3.20. The monoisotopic (exact) mass is 564 g/mol. The van der Waals surface area contributed by atoms with Crippen LogP contribution < -0.4 is 10.0 Å². The van der Waals surface area contributed by atoms with E-state index in [-0.39, 0.29) is 40.5 Å². The van der Waals surface area contributed by atoms with Crippen molar-refractivity contribution in [3.8, 4) is 0 Å². The average molecular weight is 565 g/mol. The molecule has 0 bridgehead atoms. The largest absolute Gasteiger partial charge is 0.465 e. The zero-order valence-corrected chi connectivity index (χ0v) is 25.0. The van der Waals surface area contributed by atoms with E-state index in [2.05, 4.69) is 30.8 Å². The molecule has 0 heterocycles. The molecule has 0 aliphatic carbocycles. The van der Waals surface area contributed by atoms with E-state index in [0.29, 0.717) is 24.9 Å². The van der Waals surface area contributed by atoms with Gasteiger partial charge >= 0.3 is 5.97 Å². The van der Waals surface area contributed by atoms with Gasteiger partial charge in [-0.2, -0.15) is 0 Å². The first-order valence-electron chi connectivity index (χ1n) is 12.7. The molecular formula is C29H41ClN2O5S. The molecule has 0 aliphatic heterocycles. The van der Waals surface area contributed by atoms with E-state index in [4.69, 9.17) is 16.3 Å². The van der Waals surface area contributed by atoms with Gasteiger partial charge < -0.3 is 10.1 Å². The van der Waals surface area contributed by atoms with E-state index in [1.54, 1.807) is 25.1 Å². The predicted molar refractivity (Wildman–Crippen MR) is 154 cm³/mol. The van der Waals surface area contributed by atoms with Crippen LogP contribution in [0.25, 0.3) is 0 Å². The number of amides is 1. The predicted octanol–water partition coefficient (Wildman–Crippen LogP) is 5.80. The van der Waals surface area contributed by atoms with Gasteiger partial charge in [0.1, 0.15) is 0 Å². The third kappa shape index (κ3) is 10.7. The number of rotatable bonds is 12. The molecule has 210 valence electrons. The molecule has 0 spiro atoms. The molecule has 9 heteroatoms. The van der Waals surface area contributed by atoms with Crippen LogP contribution in [0, 0.1) is 16.7 Å². The van der Waals surface area contributed by atoms with Crippen LogP contribution in [0.3, 0.4) is 0 Å². The quantitative estimate of drug-likeness (QED) is 0.317. The molecule has 0 unspecified atom stereocenters. The molecule has 0 fully saturated rings. The Hall–Kier alpha value is -2.58. The van der Waals surface area contributed by atoms with Gasteiger partial charge in [-0.15, -0.1) is 0 Å². The molecule has 2 aromatic rings. The van der Waals surface area contributed by atoms with Crippen LogP contribution in [0.5, 0.6) is 0 Å². The van der Waals surface area contributed by atoms with Gasteiger partial charge in [0.2, 0.25) is 15.9 Å². The van der Waals surface area contributed by atoms with Crippen molar-refractivity contribution in [2.45, 2.75) is 60.3 Å². The normalized spacial score (nSPS) is 13.9. The maximum Gasteiger partial charge on any atom is 0.311 e. The Labute approximate surface area is 232 Å². The van der Waals surface area contributed by atoms with E-state index in [1.165, 1.54) is 0 Å². The number of carbonyl (C=O) groups excluding carboxylic acids is 2. The van der Waals surface area contributed by atoms with E-state index in [0.717, 1.165) is 11.8 Å². The van der Waals surface area contributed by atoms with Crippen LogP contribution >= 0.6 is 11.6 Å². The third-order valence-corrected chi connectivity index (χ3v) is 6.99. The number of halogens is 1. The molecule has 0 saturated heterocycles. The van der Waals surface area contributed by atoms with Crippen LogP contribution in [0.4, 0.5) is 5.69 Å². The van der Waals surface area contributed by atoms with Gasteiger partial charge in [-0.05, 0) is 62.3 Å². The summed E-state index contributed by atoms with van der Waals surface area (Å²) in [5.74, 6) is -1.09. The number of sulfonamides is 1. The summed E-state index contributed by atoms with van der Waals surface area (Å²) in [7, 11) is -3.47. The first kappa shape index (κ1) is 31.6. The minimum absolute atomic E-state index is 0.0158. The van der Waals surface area contributed by atoms with Crippen molar-refractivity contribution in [2.75, 3.05) is 24.1 Å². The van der Waals surface area contributed by atoms with Crippen LogP contribution in [0.15, 0.2) is 48.5 Å². The van der Waals surface area contributed by atoms with Crippen molar-refractivity contribution in [2.24, 2.45) is 16.7 Å². The van der Waals surface area contributed by atoms with Crippen LogP contribution in [0.1, 0.15) is 65.0 Å². The number of hydrogen-bond acceptors (Lipinski definition) is 5. The smallest absolute Gasteiger partial charge is 0.311 e. The molecule has 1 amide bonds. The number of ether oxygens (including phenoxy) is 1. The van der Waals surface area contributed by atoms with E-state index < -0.39 is 21.4 Å². The maximum atomic E-state index is 13.0. The summed E-state index contributed by atoms with van der Waals surface area (Å²) in [4.78, 5) is 25.9. The van der Waals surface area contributed by atoms with Crippen molar-refractivity contribution < 1.29 is 22.7 Å². The Balaban J connectivity index is 2.07.